The third-order valence-electron chi connectivity index (χ3n) is 4.72. The van der Waals surface area contributed by atoms with Gasteiger partial charge in [0.1, 0.15) is 0 Å². The summed E-state index contributed by atoms with van der Waals surface area (Å²) in [5.41, 5.74) is 6.48. The van der Waals surface area contributed by atoms with E-state index in [1.54, 1.807) is 0 Å². The molecule has 0 saturated heterocycles. The Balaban J connectivity index is 2.03. The van der Waals surface area contributed by atoms with Gasteiger partial charge in [0.25, 0.3) is 0 Å². The lowest BCUT2D eigenvalue weighted by Crippen LogP contribution is -2.44. The van der Waals surface area contributed by atoms with Gasteiger partial charge in [0.2, 0.25) is 11.8 Å². The quantitative estimate of drug-likeness (QED) is 0.722. The van der Waals surface area contributed by atoms with Gasteiger partial charge in [-0.25, -0.2) is 0 Å². The number of rotatable bonds is 9. The first-order valence-corrected chi connectivity index (χ1v) is 9.30. The Morgan fingerprint density at radius 2 is 1.80 bits per heavy atom. The van der Waals surface area contributed by atoms with E-state index in [9.17, 15) is 9.59 Å². The zero-order valence-corrected chi connectivity index (χ0v) is 15.4. The van der Waals surface area contributed by atoms with Crippen LogP contribution in [0.2, 0.25) is 0 Å². The van der Waals surface area contributed by atoms with Gasteiger partial charge in [-0.05, 0) is 30.2 Å². The van der Waals surface area contributed by atoms with E-state index in [-0.39, 0.29) is 25.0 Å². The molecule has 5 heteroatoms. The molecule has 0 aliphatic heterocycles. The highest BCUT2D eigenvalue weighted by atomic mass is 16.2. The summed E-state index contributed by atoms with van der Waals surface area (Å²) in [4.78, 5) is 25.8. The number of carbonyl (C=O) groups is 2. The molecule has 1 atom stereocenters. The van der Waals surface area contributed by atoms with Crippen LogP contribution in [0.15, 0.2) is 30.3 Å². The molecule has 1 aliphatic carbocycles. The van der Waals surface area contributed by atoms with E-state index in [2.05, 4.69) is 31.3 Å². The molecule has 1 fully saturated rings. The summed E-state index contributed by atoms with van der Waals surface area (Å²) >= 11 is 0. The monoisotopic (exact) mass is 345 g/mol. The first-order chi connectivity index (χ1) is 12.0. The standard InChI is InChI=1S/C20H31N3O2/c1-15(2)12-23(13-18(21)24)14-19(25)22-20(17-10-6-7-11-17)16-8-4-3-5-9-16/h3-5,8-9,15,17,20H,6-7,10-14H2,1-2H3,(H2,21,24)(H,22,25). The van der Waals surface area contributed by atoms with E-state index in [1.807, 2.05) is 23.1 Å². The summed E-state index contributed by atoms with van der Waals surface area (Å²) < 4.78 is 0. The number of nitrogens with two attached hydrogens (primary N) is 1. The Labute approximate surface area is 151 Å². The minimum absolute atomic E-state index is 0.0392. The van der Waals surface area contributed by atoms with Crippen molar-refractivity contribution in [3.8, 4) is 0 Å². The summed E-state index contributed by atoms with van der Waals surface area (Å²) in [5, 5.41) is 3.22. The number of nitrogens with one attached hydrogen (secondary N) is 1. The van der Waals surface area contributed by atoms with Gasteiger partial charge in [0, 0.05) is 6.54 Å². The summed E-state index contributed by atoms with van der Waals surface area (Å²) in [7, 11) is 0. The summed E-state index contributed by atoms with van der Waals surface area (Å²) in [6, 6.07) is 10.2. The van der Waals surface area contributed by atoms with Gasteiger partial charge in [-0.3, -0.25) is 14.5 Å². The topological polar surface area (TPSA) is 75.4 Å². The molecule has 2 rings (SSSR count). The fourth-order valence-electron chi connectivity index (χ4n) is 3.77. The Hall–Kier alpha value is -1.88. The van der Waals surface area contributed by atoms with Crippen LogP contribution in [0.1, 0.15) is 51.1 Å². The molecule has 0 aromatic heterocycles. The van der Waals surface area contributed by atoms with Crippen molar-refractivity contribution in [1.82, 2.24) is 10.2 Å². The van der Waals surface area contributed by atoms with Crippen molar-refractivity contribution >= 4 is 11.8 Å². The number of carbonyl (C=O) groups excluding carboxylic acids is 2. The number of benzene rings is 1. The lowest BCUT2D eigenvalue weighted by atomic mass is 9.91. The highest BCUT2D eigenvalue weighted by Gasteiger charge is 2.28. The van der Waals surface area contributed by atoms with Crippen molar-refractivity contribution in [3.63, 3.8) is 0 Å². The summed E-state index contributed by atoms with van der Waals surface area (Å²) in [5.74, 6) is 0.416. The van der Waals surface area contributed by atoms with Gasteiger partial charge in [-0.15, -0.1) is 0 Å². The number of nitrogens with zero attached hydrogens (tertiary/aromatic N) is 1. The Morgan fingerprint density at radius 3 is 2.36 bits per heavy atom. The average Bonchev–Trinajstić information content (AvgIpc) is 3.06. The average molecular weight is 345 g/mol. The second-order valence-electron chi connectivity index (χ2n) is 7.53. The van der Waals surface area contributed by atoms with Gasteiger partial charge in [-0.1, -0.05) is 57.0 Å². The second-order valence-corrected chi connectivity index (χ2v) is 7.53. The zero-order chi connectivity index (χ0) is 18.2. The number of hydrogen-bond donors (Lipinski definition) is 2. The van der Waals surface area contributed by atoms with Crippen LogP contribution in [0, 0.1) is 11.8 Å². The van der Waals surface area contributed by atoms with Gasteiger partial charge < -0.3 is 11.1 Å². The molecule has 0 heterocycles. The highest BCUT2D eigenvalue weighted by molar-refractivity contribution is 5.80. The first kappa shape index (κ1) is 19.4. The highest BCUT2D eigenvalue weighted by Crippen LogP contribution is 2.35. The van der Waals surface area contributed by atoms with Crippen LogP contribution in [0.4, 0.5) is 0 Å². The molecule has 0 spiro atoms. The molecule has 2 amide bonds. The molecule has 3 N–H and O–H groups in total. The molecule has 1 aromatic carbocycles. The number of amides is 2. The third-order valence-corrected chi connectivity index (χ3v) is 4.72. The normalized spacial score (nSPS) is 16.3. The largest absolute Gasteiger partial charge is 0.369 e. The first-order valence-electron chi connectivity index (χ1n) is 9.30. The van der Waals surface area contributed by atoms with E-state index in [1.165, 1.54) is 12.8 Å². The van der Waals surface area contributed by atoms with Crippen LogP contribution < -0.4 is 11.1 Å². The maximum Gasteiger partial charge on any atom is 0.234 e. The number of hydrogen-bond acceptors (Lipinski definition) is 3. The van der Waals surface area contributed by atoms with Gasteiger partial charge >= 0.3 is 0 Å². The molecule has 5 nitrogen and oxygen atoms in total. The fraction of sp³-hybridized carbons (Fsp3) is 0.600. The molecule has 25 heavy (non-hydrogen) atoms. The van der Waals surface area contributed by atoms with Crippen LogP contribution in [0.25, 0.3) is 0 Å². The Morgan fingerprint density at radius 1 is 1.16 bits per heavy atom. The van der Waals surface area contributed by atoms with E-state index in [0.717, 1.165) is 18.4 Å². The smallest absolute Gasteiger partial charge is 0.234 e. The molecule has 0 bridgehead atoms. The Bertz CT molecular complexity index is 553. The molecule has 1 saturated carbocycles. The van der Waals surface area contributed by atoms with Crippen LogP contribution in [-0.4, -0.2) is 36.3 Å². The van der Waals surface area contributed by atoms with Crippen LogP contribution >= 0.6 is 0 Å². The van der Waals surface area contributed by atoms with Crippen LogP contribution in [0.5, 0.6) is 0 Å². The molecular weight excluding hydrogens is 314 g/mol. The summed E-state index contributed by atoms with van der Waals surface area (Å²) in [6.45, 7) is 5.13. The molecule has 138 valence electrons. The second kappa shape index (κ2) is 9.56. The van der Waals surface area contributed by atoms with Gasteiger partial charge in [0.05, 0.1) is 19.1 Å². The van der Waals surface area contributed by atoms with Crippen molar-refractivity contribution < 1.29 is 9.59 Å². The molecule has 0 radical (unpaired) electrons. The predicted molar refractivity (Wildman–Crippen MR) is 99.8 cm³/mol. The van der Waals surface area contributed by atoms with Crippen molar-refractivity contribution in [3.05, 3.63) is 35.9 Å². The van der Waals surface area contributed by atoms with E-state index in [0.29, 0.717) is 18.4 Å². The third kappa shape index (κ3) is 6.50. The van der Waals surface area contributed by atoms with Crippen LogP contribution in [-0.2, 0) is 9.59 Å². The minimum Gasteiger partial charge on any atom is -0.369 e. The summed E-state index contributed by atoms with van der Waals surface area (Å²) in [6.07, 6.45) is 4.75. The molecule has 1 unspecified atom stereocenters. The predicted octanol–water partition coefficient (Wildman–Crippen LogP) is 2.48. The van der Waals surface area contributed by atoms with Crippen molar-refractivity contribution in [2.24, 2.45) is 17.6 Å². The molecule has 1 aliphatic rings. The number of primary amides is 1. The van der Waals surface area contributed by atoms with Crippen molar-refractivity contribution in [1.29, 1.82) is 0 Å². The maximum atomic E-state index is 12.7. The minimum atomic E-state index is -0.399. The van der Waals surface area contributed by atoms with E-state index >= 15 is 0 Å². The van der Waals surface area contributed by atoms with E-state index < -0.39 is 5.91 Å². The lowest BCUT2D eigenvalue weighted by molar-refractivity contribution is -0.125. The van der Waals surface area contributed by atoms with Crippen molar-refractivity contribution in [2.45, 2.75) is 45.6 Å². The van der Waals surface area contributed by atoms with Gasteiger partial charge in [0.15, 0.2) is 0 Å². The fourth-order valence-corrected chi connectivity index (χ4v) is 3.77. The Kier molecular flexibility index (Phi) is 7.44. The maximum absolute atomic E-state index is 12.7. The molecular formula is C20H31N3O2. The molecule has 1 aromatic rings. The zero-order valence-electron chi connectivity index (χ0n) is 15.4. The SMILES string of the molecule is CC(C)CN(CC(N)=O)CC(=O)NC(c1ccccc1)C1CCCC1. The van der Waals surface area contributed by atoms with Crippen molar-refractivity contribution in [2.75, 3.05) is 19.6 Å². The van der Waals surface area contributed by atoms with Crippen LogP contribution in [0.3, 0.4) is 0 Å². The van der Waals surface area contributed by atoms with Gasteiger partial charge in [-0.2, -0.15) is 0 Å². The van der Waals surface area contributed by atoms with E-state index in [4.69, 9.17) is 5.73 Å². The lowest BCUT2D eigenvalue weighted by Gasteiger charge is -2.28.